The van der Waals surface area contributed by atoms with Gasteiger partial charge in [0.15, 0.2) is 11.6 Å². The molecule has 0 radical (unpaired) electrons. The van der Waals surface area contributed by atoms with E-state index in [9.17, 15) is 24.3 Å². The molecule has 4 rings (SSSR count). The Bertz CT molecular complexity index is 1240. The molecule has 0 bridgehead atoms. The summed E-state index contributed by atoms with van der Waals surface area (Å²) in [5.74, 6) is -1.92. The topological polar surface area (TPSA) is 169 Å². The Morgan fingerprint density at radius 2 is 2.00 bits per heavy atom. The number of benzene rings is 1. The molecule has 220 valence electrons. The number of nitrogens with one attached hydrogen (secondary N) is 2. The Labute approximate surface area is 237 Å². The first-order valence-electron chi connectivity index (χ1n) is 13.7. The smallest absolute Gasteiger partial charge is 0.410 e. The Morgan fingerprint density at radius 1 is 1.22 bits per heavy atom. The molecule has 1 aromatic heterocycles. The van der Waals surface area contributed by atoms with Crippen LogP contribution in [0.25, 0.3) is 11.4 Å². The SMILES string of the molecule is CCOC(=O)N1CCNC(C)C1C(=O)C(CCC(=O)O)NC(=O)c1cc(O[C@H]2CCOC2)nc(-c2ccccc2)n1. The first-order valence-corrected chi connectivity index (χ1v) is 13.7. The highest BCUT2D eigenvalue weighted by molar-refractivity contribution is 5.99. The van der Waals surface area contributed by atoms with Gasteiger partial charge < -0.3 is 30.0 Å². The molecule has 2 aliphatic heterocycles. The number of aliphatic carboxylic acids is 1. The molecule has 0 aliphatic carbocycles. The first-order chi connectivity index (χ1) is 19.8. The van der Waals surface area contributed by atoms with Gasteiger partial charge in [0.2, 0.25) is 5.88 Å². The monoisotopic (exact) mass is 569 g/mol. The number of aromatic nitrogens is 2. The average Bonchev–Trinajstić information content (AvgIpc) is 3.48. The van der Waals surface area contributed by atoms with E-state index < -0.39 is 41.9 Å². The van der Waals surface area contributed by atoms with Crippen LogP contribution in [0, 0.1) is 0 Å². The Balaban J connectivity index is 1.62. The normalized spacial score (nSPS) is 21.1. The third kappa shape index (κ3) is 7.76. The van der Waals surface area contributed by atoms with Crippen molar-refractivity contribution >= 4 is 23.8 Å². The van der Waals surface area contributed by atoms with Crippen LogP contribution in [0.5, 0.6) is 5.88 Å². The lowest BCUT2D eigenvalue weighted by atomic mass is 9.93. The minimum absolute atomic E-state index is 0.0574. The molecule has 2 fully saturated rings. The number of nitrogens with zero attached hydrogens (tertiary/aromatic N) is 3. The van der Waals surface area contributed by atoms with Crippen LogP contribution in [0.4, 0.5) is 4.79 Å². The number of hydrogen-bond acceptors (Lipinski definition) is 10. The van der Waals surface area contributed by atoms with Gasteiger partial charge in [-0.1, -0.05) is 30.3 Å². The molecule has 13 nitrogen and oxygen atoms in total. The van der Waals surface area contributed by atoms with Gasteiger partial charge in [0, 0.05) is 43.6 Å². The quantitative estimate of drug-likeness (QED) is 0.360. The van der Waals surface area contributed by atoms with E-state index in [0.29, 0.717) is 31.7 Å². The molecule has 3 N–H and O–H groups in total. The fourth-order valence-electron chi connectivity index (χ4n) is 4.83. The summed E-state index contributed by atoms with van der Waals surface area (Å²) in [7, 11) is 0. The molecule has 1 aromatic carbocycles. The van der Waals surface area contributed by atoms with Crippen LogP contribution in [-0.2, 0) is 19.1 Å². The zero-order valence-electron chi connectivity index (χ0n) is 23.1. The van der Waals surface area contributed by atoms with Gasteiger partial charge in [-0.3, -0.25) is 19.3 Å². The minimum Gasteiger partial charge on any atom is -0.481 e. The summed E-state index contributed by atoms with van der Waals surface area (Å²) in [5, 5.41) is 15.2. The molecule has 2 aromatic rings. The highest BCUT2D eigenvalue weighted by atomic mass is 16.6. The molecule has 4 atom stereocenters. The van der Waals surface area contributed by atoms with Gasteiger partial charge in [0.1, 0.15) is 17.8 Å². The van der Waals surface area contributed by atoms with E-state index in [1.54, 1.807) is 26.0 Å². The summed E-state index contributed by atoms with van der Waals surface area (Å²) >= 11 is 0. The second-order valence-corrected chi connectivity index (χ2v) is 9.83. The third-order valence-corrected chi connectivity index (χ3v) is 6.86. The Kier molecular flexibility index (Phi) is 10.2. The maximum absolute atomic E-state index is 13.8. The van der Waals surface area contributed by atoms with Crippen molar-refractivity contribution in [2.45, 2.75) is 57.3 Å². The summed E-state index contributed by atoms with van der Waals surface area (Å²) in [4.78, 5) is 61.7. The number of Topliss-reactive ketones (excluding diaryl/α,β-unsaturated/α-hetero) is 1. The highest BCUT2D eigenvalue weighted by Gasteiger charge is 2.41. The number of ketones is 1. The van der Waals surface area contributed by atoms with Gasteiger partial charge in [-0.2, -0.15) is 4.98 Å². The van der Waals surface area contributed by atoms with Crippen LogP contribution in [0.15, 0.2) is 36.4 Å². The van der Waals surface area contributed by atoms with E-state index >= 15 is 0 Å². The van der Waals surface area contributed by atoms with E-state index in [1.165, 1.54) is 11.0 Å². The van der Waals surface area contributed by atoms with E-state index in [-0.39, 0.29) is 49.5 Å². The number of carbonyl (C=O) groups excluding carboxylic acids is 3. The molecule has 41 heavy (non-hydrogen) atoms. The third-order valence-electron chi connectivity index (χ3n) is 6.86. The summed E-state index contributed by atoms with van der Waals surface area (Å²) < 4.78 is 16.5. The lowest BCUT2D eigenvalue weighted by Gasteiger charge is -2.40. The number of hydrogen-bond donors (Lipinski definition) is 3. The maximum atomic E-state index is 13.8. The van der Waals surface area contributed by atoms with Crippen LogP contribution in [-0.4, -0.2) is 101 Å². The lowest BCUT2D eigenvalue weighted by molar-refractivity contribution is -0.137. The van der Waals surface area contributed by atoms with Crippen molar-refractivity contribution in [3.63, 3.8) is 0 Å². The molecule has 13 heteroatoms. The van der Waals surface area contributed by atoms with Crippen molar-refractivity contribution in [3.05, 3.63) is 42.1 Å². The standard InChI is InChI=1S/C28H35N5O8/c1-3-40-28(38)33-13-12-29-17(2)24(33)25(36)20(9-10-23(34)35)31-27(37)21-15-22(41-19-11-14-39-16-19)32-26(30-21)18-7-5-4-6-8-18/h4-8,15,17,19-20,24,29H,3,9-14,16H2,1-2H3,(H,31,37)(H,34,35)/t17?,19-,20?,24?/m0/s1. The molecule has 0 saturated carbocycles. The number of ether oxygens (including phenoxy) is 3. The van der Waals surface area contributed by atoms with Crippen molar-refractivity contribution in [1.29, 1.82) is 0 Å². The highest BCUT2D eigenvalue weighted by Crippen LogP contribution is 2.22. The van der Waals surface area contributed by atoms with Crippen molar-refractivity contribution in [2.75, 3.05) is 32.9 Å². The van der Waals surface area contributed by atoms with Crippen LogP contribution in [0.2, 0.25) is 0 Å². The van der Waals surface area contributed by atoms with Crippen molar-refractivity contribution in [2.24, 2.45) is 0 Å². The minimum atomic E-state index is -1.22. The van der Waals surface area contributed by atoms with Gasteiger partial charge in [0.25, 0.3) is 5.91 Å². The second-order valence-electron chi connectivity index (χ2n) is 9.83. The van der Waals surface area contributed by atoms with Crippen LogP contribution >= 0.6 is 0 Å². The number of rotatable bonds is 11. The van der Waals surface area contributed by atoms with Crippen LogP contribution in [0.1, 0.15) is 43.6 Å². The van der Waals surface area contributed by atoms with Gasteiger partial charge in [-0.05, 0) is 20.3 Å². The molecular formula is C28H35N5O8. The number of carbonyl (C=O) groups is 4. The largest absolute Gasteiger partial charge is 0.481 e. The van der Waals surface area contributed by atoms with E-state index in [4.69, 9.17) is 14.2 Å². The molecule has 2 amide bonds. The zero-order chi connectivity index (χ0) is 29.4. The molecule has 2 aliphatic rings. The van der Waals surface area contributed by atoms with Crippen molar-refractivity contribution in [3.8, 4) is 17.3 Å². The second kappa shape index (κ2) is 14.0. The average molecular weight is 570 g/mol. The number of amides is 2. The number of carboxylic acid groups (broad SMARTS) is 1. The number of carboxylic acids is 1. The molecular weight excluding hydrogens is 534 g/mol. The summed E-state index contributed by atoms with van der Waals surface area (Å²) in [6.45, 7) is 5.16. The summed E-state index contributed by atoms with van der Waals surface area (Å²) in [5.41, 5.74) is 0.596. The van der Waals surface area contributed by atoms with E-state index in [2.05, 4.69) is 20.6 Å². The predicted octanol–water partition coefficient (Wildman–Crippen LogP) is 1.66. The van der Waals surface area contributed by atoms with Gasteiger partial charge >= 0.3 is 12.1 Å². The fraction of sp³-hybridized carbons (Fsp3) is 0.500. The molecule has 2 saturated heterocycles. The Morgan fingerprint density at radius 3 is 2.68 bits per heavy atom. The van der Waals surface area contributed by atoms with Crippen LogP contribution in [0.3, 0.4) is 0 Å². The van der Waals surface area contributed by atoms with Gasteiger partial charge in [-0.25, -0.2) is 9.78 Å². The van der Waals surface area contributed by atoms with Crippen molar-refractivity contribution < 1.29 is 38.5 Å². The maximum Gasteiger partial charge on any atom is 0.410 e. The van der Waals surface area contributed by atoms with Crippen LogP contribution < -0.4 is 15.4 Å². The first kappa shape index (κ1) is 29.9. The van der Waals surface area contributed by atoms with Gasteiger partial charge in [0.05, 0.1) is 25.9 Å². The Hall–Kier alpha value is -4.10. The fourth-order valence-corrected chi connectivity index (χ4v) is 4.83. The molecule has 0 spiro atoms. The van der Waals surface area contributed by atoms with E-state index in [0.717, 1.165) is 0 Å². The number of piperazine rings is 1. The predicted molar refractivity (Wildman–Crippen MR) is 145 cm³/mol. The molecule has 3 heterocycles. The van der Waals surface area contributed by atoms with Crippen molar-refractivity contribution in [1.82, 2.24) is 25.5 Å². The summed E-state index contributed by atoms with van der Waals surface area (Å²) in [6, 6.07) is 7.78. The van der Waals surface area contributed by atoms with Gasteiger partial charge in [-0.15, -0.1) is 0 Å². The lowest BCUT2D eigenvalue weighted by Crippen LogP contribution is -2.64. The zero-order valence-corrected chi connectivity index (χ0v) is 23.1. The molecule has 3 unspecified atom stereocenters. The van der Waals surface area contributed by atoms with E-state index in [1.807, 2.05) is 18.2 Å². The summed E-state index contributed by atoms with van der Waals surface area (Å²) in [6.07, 6.45) is -0.770.